The van der Waals surface area contributed by atoms with Gasteiger partial charge in [-0.25, -0.2) is 0 Å². The summed E-state index contributed by atoms with van der Waals surface area (Å²) in [5.74, 6) is 3.51. The zero-order chi connectivity index (χ0) is 16.7. The van der Waals surface area contributed by atoms with E-state index in [1.807, 2.05) is 12.1 Å². The molecule has 2 atom stereocenters. The summed E-state index contributed by atoms with van der Waals surface area (Å²) in [5.41, 5.74) is 1.18. The number of methoxy groups -OCH3 is 1. The molecule has 0 amide bonds. The van der Waals surface area contributed by atoms with E-state index in [0.29, 0.717) is 19.0 Å². The molecule has 2 fully saturated rings. The monoisotopic (exact) mass is 328 g/mol. The van der Waals surface area contributed by atoms with Gasteiger partial charge in [-0.3, -0.25) is 4.90 Å². The van der Waals surface area contributed by atoms with Crippen molar-refractivity contribution in [3.63, 3.8) is 0 Å². The van der Waals surface area contributed by atoms with Crippen LogP contribution in [0.25, 0.3) is 0 Å². The van der Waals surface area contributed by atoms with Crippen LogP contribution in [0, 0.1) is 0 Å². The minimum atomic E-state index is -0.308. The first-order valence-corrected chi connectivity index (χ1v) is 8.60. The second-order valence-corrected chi connectivity index (χ2v) is 6.92. The highest BCUT2D eigenvalue weighted by molar-refractivity contribution is 5.31. The van der Waals surface area contributed by atoms with Crippen LogP contribution in [0.3, 0.4) is 0 Å². The lowest BCUT2D eigenvalue weighted by Crippen LogP contribution is -2.26. The predicted molar refractivity (Wildman–Crippen MR) is 89.7 cm³/mol. The predicted octanol–water partition coefficient (Wildman–Crippen LogP) is 2.01. The number of nitrogens with zero attached hydrogens (tertiary/aromatic N) is 4. The smallest absolute Gasteiger partial charge is 0.146 e. The fourth-order valence-corrected chi connectivity index (χ4v) is 3.64. The molecule has 128 valence electrons. The van der Waals surface area contributed by atoms with E-state index in [4.69, 9.17) is 4.74 Å². The van der Waals surface area contributed by atoms with Crippen molar-refractivity contribution in [2.45, 2.75) is 43.9 Å². The lowest BCUT2D eigenvalue weighted by molar-refractivity contribution is 0.170. The number of ether oxygens (including phenoxy) is 1. The Hall–Kier alpha value is -1.92. The minimum Gasteiger partial charge on any atom is -0.497 e. The number of hydrogen-bond acceptors (Lipinski definition) is 5. The van der Waals surface area contributed by atoms with E-state index in [1.165, 1.54) is 18.4 Å². The van der Waals surface area contributed by atoms with Crippen molar-refractivity contribution in [3.8, 4) is 5.75 Å². The van der Waals surface area contributed by atoms with Crippen LogP contribution in [0.1, 0.15) is 48.4 Å². The molecule has 2 aliphatic rings. The number of likely N-dealkylation sites (tertiary alicyclic amines) is 1. The Morgan fingerprint density at radius 3 is 2.88 bits per heavy atom. The molecule has 1 aromatic carbocycles. The molecule has 0 radical (unpaired) electrons. The zero-order valence-electron chi connectivity index (χ0n) is 14.2. The van der Waals surface area contributed by atoms with Crippen molar-refractivity contribution in [2.24, 2.45) is 7.05 Å². The Kier molecular flexibility index (Phi) is 4.02. The molecule has 1 aliphatic carbocycles. The first kappa shape index (κ1) is 15.6. The van der Waals surface area contributed by atoms with E-state index >= 15 is 0 Å². The number of aliphatic hydroxyl groups is 1. The third kappa shape index (κ3) is 2.91. The van der Waals surface area contributed by atoms with Crippen LogP contribution in [0.2, 0.25) is 0 Å². The van der Waals surface area contributed by atoms with Crippen LogP contribution >= 0.6 is 0 Å². The van der Waals surface area contributed by atoms with Crippen LogP contribution in [0.4, 0.5) is 0 Å². The Bertz CT molecular complexity index is 726. The normalized spacial score (nSPS) is 24.5. The summed E-state index contributed by atoms with van der Waals surface area (Å²) in [7, 11) is 3.73. The van der Waals surface area contributed by atoms with Gasteiger partial charge in [0.1, 0.15) is 17.4 Å². The summed E-state index contributed by atoms with van der Waals surface area (Å²) in [4.78, 5) is 2.29. The van der Waals surface area contributed by atoms with Crippen molar-refractivity contribution in [1.82, 2.24) is 19.7 Å². The lowest BCUT2D eigenvalue weighted by Gasteiger charge is -2.24. The maximum Gasteiger partial charge on any atom is 0.146 e. The molecular weight excluding hydrogens is 304 g/mol. The zero-order valence-corrected chi connectivity index (χ0v) is 14.2. The number of aromatic nitrogens is 3. The van der Waals surface area contributed by atoms with Gasteiger partial charge in [0.15, 0.2) is 0 Å². The molecule has 1 N–H and O–H groups in total. The Labute approximate surface area is 142 Å². The molecule has 6 heteroatoms. The molecule has 0 spiro atoms. The van der Waals surface area contributed by atoms with Crippen LogP contribution in [0.5, 0.6) is 5.75 Å². The van der Waals surface area contributed by atoms with E-state index in [0.717, 1.165) is 23.8 Å². The molecule has 0 unspecified atom stereocenters. The molecule has 1 aromatic heterocycles. The summed E-state index contributed by atoms with van der Waals surface area (Å²) >= 11 is 0. The molecule has 0 bridgehead atoms. The number of benzene rings is 1. The number of β-amino-alcohol motifs (C(OH)–C–C–N with tert-alkyl or cyclic N) is 1. The van der Waals surface area contributed by atoms with Crippen molar-refractivity contribution >= 4 is 0 Å². The quantitative estimate of drug-likeness (QED) is 0.910. The van der Waals surface area contributed by atoms with Gasteiger partial charge in [-0.1, -0.05) is 12.1 Å². The lowest BCUT2D eigenvalue weighted by atomic mass is 10.0. The van der Waals surface area contributed by atoms with Gasteiger partial charge in [-0.15, -0.1) is 10.2 Å². The number of hydrogen-bond donors (Lipinski definition) is 1. The first-order valence-electron chi connectivity index (χ1n) is 8.60. The summed E-state index contributed by atoms with van der Waals surface area (Å²) in [6, 6.07) is 8.29. The molecule has 2 heterocycles. The van der Waals surface area contributed by atoms with Gasteiger partial charge in [-0.05, 0) is 37.0 Å². The molecule has 1 saturated carbocycles. The minimum absolute atomic E-state index is 0.177. The van der Waals surface area contributed by atoms with E-state index < -0.39 is 0 Å². The molecule has 24 heavy (non-hydrogen) atoms. The van der Waals surface area contributed by atoms with E-state index in [1.54, 1.807) is 7.11 Å². The molecule has 1 aliphatic heterocycles. The van der Waals surface area contributed by atoms with Gasteiger partial charge < -0.3 is 14.4 Å². The fourth-order valence-electron chi connectivity index (χ4n) is 3.64. The summed E-state index contributed by atoms with van der Waals surface area (Å²) in [6.07, 6.45) is 2.87. The number of aliphatic hydroxyl groups excluding tert-OH is 1. The third-order valence-corrected chi connectivity index (χ3v) is 5.15. The largest absolute Gasteiger partial charge is 0.497 e. The first-order chi connectivity index (χ1) is 11.7. The molecular formula is C18H24N4O2. The molecule has 1 saturated heterocycles. The topological polar surface area (TPSA) is 63.4 Å². The van der Waals surface area contributed by atoms with E-state index in [2.05, 4.69) is 38.8 Å². The average molecular weight is 328 g/mol. The van der Waals surface area contributed by atoms with Gasteiger partial charge >= 0.3 is 0 Å². The van der Waals surface area contributed by atoms with Crippen molar-refractivity contribution in [2.75, 3.05) is 13.7 Å². The average Bonchev–Trinajstić information content (AvgIpc) is 3.28. The Morgan fingerprint density at radius 2 is 2.12 bits per heavy atom. The maximum atomic E-state index is 10.2. The molecule has 4 rings (SSSR count). The van der Waals surface area contributed by atoms with Gasteiger partial charge in [0.25, 0.3) is 0 Å². The third-order valence-electron chi connectivity index (χ3n) is 5.15. The van der Waals surface area contributed by atoms with Crippen molar-refractivity contribution in [1.29, 1.82) is 0 Å². The van der Waals surface area contributed by atoms with Gasteiger partial charge in [0, 0.05) is 25.6 Å². The fraction of sp³-hybridized carbons (Fsp3) is 0.556. The van der Waals surface area contributed by atoms with Crippen molar-refractivity contribution in [3.05, 3.63) is 41.5 Å². The van der Waals surface area contributed by atoms with Gasteiger partial charge in [-0.2, -0.15) is 0 Å². The van der Waals surface area contributed by atoms with Crippen LogP contribution in [0.15, 0.2) is 24.3 Å². The summed E-state index contributed by atoms with van der Waals surface area (Å²) < 4.78 is 7.47. The number of rotatable bonds is 5. The Morgan fingerprint density at radius 1 is 1.29 bits per heavy atom. The van der Waals surface area contributed by atoms with Crippen LogP contribution < -0.4 is 4.74 Å². The standard InChI is InChI=1S/C18H24N4O2/c1-21-17(19-20-18(21)12-6-7-12)11-22-10-14(23)9-16(22)13-4-3-5-15(8-13)24-2/h3-5,8,12,14,16,23H,6-7,9-11H2,1-2H3/t14-,16+/m1/s1. The maximum absolute atomic E-state index is 10.2. The SMILES string of the molecule is COc1cccc([C@@H]2C[C@@H](O)CN2Cc2nnc(C3CC3)n2C)c1. The highest BCUT2D eigenvalue weighted by Gasteiger charge is 2.34. The van der Waals surface area contributed by atoms with Crippen LogP contribution in [-0.2, 0) is 13.6 Å². The molecule has 6 nitrogen and oxygen atoms in total. The van der Waals surface area contributed by atoms with Gasteiger partial charge in [0.2, 0.25) is 0 Å². The Balaban J connectivity index is 1.56. The highest BCUT2D eigenvalue weighted by atomic mass is 16.5. The van der Waals surface area contributed by atoms with Gasteiger partial charge in [0.05, 0.1) is 19.8 Å². The highest BCUT2D eigenvalue weighted by Crippen LogP contribution is 2.39. The second kappa shape index (κ2) is 6.18. The summed E-state index contributed by atoms with van der Waals surface area (Å²) in [5, 5.41) is 19.0. The van der Waals surface area contributed by atoms with E-state index in [-0.39, 0.29) is 12.1 Å². The second-order valence-electron chi connectivity index (χ2n) is 6.92. The van der Waals surface area contributed by atoms with Crippen molar-refractivity contribution < 1.29 is 9.84 Å². The molecule has 2 aromatic rings. The summed E-state index contributed by atoms with van der Waals surface area (Å²) in [6.45, 7) is 1.36. The van der Waals surface area contributed by atoms with Crippen LogP contribution in [-0.4, -0.2) is 44.5 Å². The van der Waals surface area contributed by atoms with E-state index in [9.17, 15) is 5.11 Å².